The van der Waals surface area contributed by atoms with Gasteiger partial charge in [-0.2, -0.15) is 18.4 Å². The third kappa shape index (κ3) is 4.08. The zero-order chi connectivity index (χ0) is 19.6. The number of rotatable bonds is 4. The third-order valence-electron chi connectivity index (χ3n) is 4.43. The summed E-state index contributed by atoms with van der Waals surface area (Å²) in [5.74, 6) is -0.716. The second-order valence-electron chi connectivity index (χ2n) is 6.19. The SMILES string of the molecule is Cc1c(C#N)c(SCC(=O)Nc2ccccc2C(F)(F)F)nc2c1CCC2. The van der Waals surface area contributed by atoms with Gasteiger partial charge in [0.25, 0.3) is 0 Å². The molecule has 140 valence electrons. The molecule has 1 heterocycles. The van der Waals surface area contributed by atoms with Gasteiger partial charge in [-0.15, -0.1) is 0 Å². The minimum atomic E-state index is -4.55. The van der Waals surface area contributed by atoms with E-state index in [4.69, 9.17) is 0 Å². The van der Waals surface area contributed by atoms with Crippen molar-refractivity contribution in [3.8, 4) is 6.07 Å². The number of nitrogens with one attached hydrogen (secondary N) is 1. The Balaban J connectivity index is 1.75. The van der Waals surface area contributed by atoms with Crippen molar-refractivity contribution in [2.75, 3.05) is 11.1 Å². The molecule has 4 nitrogen and oxygen atoms in total. The lowest BCUT2D eigenvalue weighted by atomic mass is 10.0. The summed E-state index contributed by atoms with van der Waals surface area (Å²) in [5.41, 5.74) is 2.17. The molecule has 1 N–H and O–H groups in total. The Kier molecular flexibility index (Phi) is 5.42. The van der Waals surface area contributed by atoms with E-state index in [1.165, 1.54) is 18.2 Å². The summed E-state index contributed by atoms with van der Waals surface area (Å²) < 4.78 is 39.1. The summed E-state index contributed by atoms with van der Waals surface area (Å²) in [5, 5.41) is 12.2. The van der Waals surface area contributed by atoms with E-state index in [2.05, 4.69) is 16.4 Å². The first-order valence-electron chi connectivity index (χ1n) is 8.32. The molecule has 0 aliphatic heterocycles. The number of thioether (sulfide) groups is 1. The molecule has 1 aliphatic carbocycles. The minimum Gasteiger partial charge on any atom is -0.325 e. The molecule has 0 bridgehead atoms. The zero-order valence-electron chi connectivity index (χ0n) is 14.5. The minimum absolute atomic E-state index is 0.133. The normalized spacial score (nSPS) is 13.1. The number of alkyl halides is 3. The van der Waals surface area contributed by atoms with Crippen LogP contribution in [-0.2, 0) is 23.8 Å². The summed E-state index contributed by atoms with van der Waals surface area (Å²) in [4.78, 5) is 16.7. The number of nitriles is 1. The molecule has 2 aromatic rings. The number of nitrogens with zero attached hydrogens (tertiary/aromatic N) is 2. The number of pyridine rings is 1. The summed E-state index contributed by atoms with van der Waals surface area (Å²) in [6, 6.07) is 6.96. The summed E-state index contributed by atoms with van der Waals surface area (Å²) >= 11 is 1.07. The molecular formula is C19H16F3N3OS. The maximum atomic E-state index is 13.0. The number of hydrogen-bond donors (Lipinski definition) is 1. The van der Waals surface area contributed by atoms with Crippen LogP contribution < -0.4 is 5.32 Å². The molecule has 1 aromatic heterocycles. The number of amides is 1. The Morgan fingerprint density at radius 1 is 1.33 bits per heavy atom. The van der Waals surface area contributed by atoms with Gasteiger partial charge in [-0.1, -0.05) is 23.9 Å². The largest absolute Gasteiger partial charge is 0.418 e. The molecule has 0 radical (unpaired) electrons. The average Bonchev–Trinajstić information content (AvgIpc) is 3.08. The lowest BCUT2D eigenvalue weighted by Crippen LogP contribution is -2.18. The molecule has 0 atom stereocenters. The Morgan fingerprint density at radius 2 is 2.07 bits per heavy atom. The molecule has 3 rings (SSSR count). The standard InChI is InChI=1S/C19H16F3N3OS/c1-11-12-5-4-8-15(12)25-18(13(11)9-23)27-10-17(26)24-16-7-3-2-6-14(16)19(20,21)22/h2-3,6-7H,4-5,8,10H2,1H3,(H,24,26). The van der Waals surface area contributed by atoms with Crippen molar-refractivity contribution in [3.05, 3.63) is 52.2 Å². The predicted molar refractivity (Wildman–Crippen MR) is 96.5 cm³/mol. The first-order valence-corrected chi connectivity index (χ1v) is 9.31. The highest BCUT2D eigenvalue weighted by molar-refractivity contribution is 8.00. The van der Waals surface area contributed by atoms with Crippen molar-refractivity contribution >= 4 is 23.4 Å². The monoisotopic (exact) mass is 391 g/mol. The second kappa shape index (κ2) is 7.61. The van der Waals surface area contributed by atoms with E-state index in [1.807, 2.05) is 6.92 Å². The maximum Gasteiger partial charge on any atom is 0.418 e. The fraction of sp³-hybridized carbons (Fsp3) is 0.316. The van der Waals surface area contributed by atoms with Gasteiger partial charge in [0.15, 0.2) is 0 Å². The number of para-hydroxylation sites is 1. The quantitative estimate of drug-likeness (QED) is 0.780. The van der Waals surface area contributed by atoms with E-state index in [9.17, 15) is 23.2 Å². The topological polar surface area (TPSA) is 65.8 Å². The Morgan fingerprint density at radius 3 is 2.78 bits per heavy atom. The van der Waals surface area contributed by atoms with E-state index >= 15 is 0 Å². The Bertz CT molecular complexity index is 935. The number of aryl methyl sites for hydroxylation is 1. The van der Waals surface area contributed by atoms with Crippen molar-refractivity contribution < 1.29 is 18.0 Å². The van der Waals surface area contributed by atoms with E-state index in [0.29, 0.717) is 10.6 Å². The molecule has 1 aliphatic rings. The zero-order valence-corrected chi connectivity index (χ0v) is 15.3. The van der Waals surface area contributed by atoms with Crippen LogP contribution in [0.25, 0.3) is 0 Å². The van der Waals surface area contributed by atoms with E-state index < -0.39 is 17.6 Å². The number of aromatic nitrogens is 1. The lowest BCUT2D eigenvalue weighted by molar-refractivity contribution is -0.137. The van der Waals surface area contributed by atoms with E-state index in [-0.39, 0.29) is 11.4 Å². The van der Waals surface area contributed by atoms with Gasteiger partial charge < -0.3 is 5.32 Å². The molecule has 1 aromatic carbocycles. The highest BCUT2D eigenvalue weighted by atomic mass is 32.2. The maximum absolute atomic E-state index is 13.0. The van der Waals surface area contributed by atoms with Crippen LogP contribution in [0.5, 0.6) is 0 Å². The van der Waals surface area contributed by atoms with E-state index in [0.717, 1.165) is 53.9 Å². The first kappa shape index (κ1) is 19.2. The Labute approximate surface area is 158 Å². The number of benzene rings is 1. The van der Waals surface area contributed by atoms with Crippen molar-refractivity contribution in [3.63, 3.8) is 0 Å². The molecule has 1 amide bonds. The van der Waals surface area contributed by atoms with Gasteiger partial charge in [-0.3, -0.25) is 4.79 Å². The molecular weight excluding hydrogens is 375 g/mol. The van der Waals surface area contributed by atoms with Gasteiger partial charge in [-0.25, -0.2) is 4.98 Å². The van der Waals surface area contributed by atoms with Crippen LogP contribution in [0.15, 0.2) is 29.3 Å². The van der Waals surface area contributed by atoms with Gasteiger partial charge in [0.1, 0.15) is 11.1 Å². The van der Waals surface area contributed by atoms with Gasteiger partial charge >= 0.3 is 6.18 Å². The van der Waals surface area contributed by atoms with Gasteiger partial charge in [0, 0.05) is 5.69 Å². The van der Waals surface area contributed by atoms with Crippen LogP contribution in [0, 0.1) is 18.3 Å². The highest BCUT2D eigenvalue weighted by Gasteiger charge is 2.33. The second-order valence-corrected chi connectivity index (χ2v) is 7.15. The van der Waals surface area contributed by atoms with Crippen molar-refractivity contribution in [1.29, 1.82) is 5.26 Å². The average molecular weight is 391 g/mol. The number of carbonyl (C=O) groups is 1. The number of carbonyl (C=O) groups excluding carboxylic acids is 1. The molecule has 0 unspecified atom stereocenters. The summed E-state index contributed by atoms with van der Waals surface area (Å²) in [7, 11) is 0. The van der Waals surface area contributed by atoms with Crippen molar-refractivity contribution in [2.45, 2.75) is 37.4 Å². The number of fused-ring (bicyclic) bond motifs is 1. The van der Waals surface area contributed by atoms with Crippen LogP contribution in [0.3, 0.4) is 0 Å². The molecule has 0 saturated heterocycles. The van der Waals surface area contributed by atoms with Crippen LogP contribution in [0.1, 0.15) is 34.4 Å². The van der Waals surface area contributed by atoms with Gasteiger partial charge in [-0.05, 0) is 49.4 Å². The lowest BCUT2D eigenvalue weighted by Gasteiger charge is -2.14. The van der Waals surface area contributed by atoms with Crippen LogP contribution in [0.2, 0.25) is 0 Å². The molecule has 8 heteroatoms. The van der Waals surface area contributed by atoms with Crippen LogP contribution in [-0.4, -0.2) is 16.6 Å². The smallest absolute Gasteiger partial charge is 0.325 e. The van der Waals surface area contributed by atoms with Crippen LogP contribution >= 0.6 is 11.8 Å². The first-order chi connectivity index (χ1) is 12.8. The highest BCUT2D eigenvalue weighted by Crippen LogP contribution is 2.35. The summed E-state index contributed by atoms with van der Waals surface area (Å²) in [6.07, 6.45) is -1.84. The van der Waals surface area contributed by atoms with Gasteiger partial charge in [0.2, 0.25) is 5.91 Å². The molecule has 0 fully saturated rings. The van der Waals surface area contributed by atoms with Crippen molar-refractivity contribution in [2.24, 2.45) is 0 Å². The van der Waals surface area contributed by atoms with Crippen molar-refractivity contribution in [1.82, 2.24) is 4.98 Å². The molecule has 27 heavy (non-hydrogen) atoms. The van der Waals surface area contributed by atoms with Gasteiger partial charge in [0.05, 0.1) is 22.6 Å². The Hall–Kier alpha value is -2.53. The summed E-state index contributed by atoms with van der Waals surface area (Å²) in [6.45, 7) is 1.87. The molecule has 0 saturated carbocycles. The van der Waals surface area contributed by atoms with Crippen LogP contribution in [0.4, 0.5) is 18.9 Å². The predicted octanol–water partition coefficient (Wildman–Crippen LogP) is 4.50. The third-order valence-corrected chi connectivity index (χ3v) is 5.40. The number of hydrogen-bond acceptors (Lipinski definition) is 4. The fourth-order valence-corrected chi connectivity index (χ4v) is 4.00. The van der Waals surface area contributed by atoms with E-state index in [1.54, 1.807) is 0 Å². The molecule has 0 spiro atoms. The number of halogens is 3. The number of anilines is 1. The fourth-order valence-electron chi connectivity index (χ4n) is 3.14.